The minimum atomic E-state index is 0.906. The fraction of sp³-hybridized carbons (Fsp3) is 0.700. The van der Waals surface area contributed by atoms with Gasteiger partial charge in [0.05, 0.1) is 0 Å². The molecule has 0 bridgehead atoms. The quantitative estimate of drug-likeness (QED) is 0.799. The van der Waals surface area contributed by atoms with Crippen LogP contribution in [0.4, 0.5) is 5.13 Å². The van der Waals surface area contributed by atoms with Crippen LogP contribution in [0.2, 0.25) is 0 Å². The van der Waals surface area contributed by atoms with Gasteiger partial charge >= 0.3 is 0 Å². The Morgan fingerprint density at radius 2 is 2.36 bits per heavy atom. The maximum Gasteiger partial charge on any atom is 0.182 e. The molecule has 4 heteroatoms. The van der Waals surface area contributed by atoms with Crippen molar-refractivity contribution >= 4 is 16.5 Å². The Morgan fingerprint density at radius 3 is 3.07 bits per heavy atom. The summed E-state index contributed by atoms with van der Waals surface area (Å²) < 4.78 is 0. The Hall–Kier alpha value is -0.610. The summed E-state index contributed by atoms with van der Waals surface area (Å²) in [6.07, 6.45) is 5.79. The largest absolute Gasteiger partial charge is 0.362 e. The second kappa shape index (κ2) is 5.32. The van der Waals surface area contributed by atoms with Crippen LogP contribution in [0.15, 0.2) is 11.6 Å². The van der Waals surface area contributed by atoms with Crippen molar-refractivity contribution in [2.75, 3.05) is 25.0 Å². The lowest BCUT2D eigenvalue weighted by atomic mass is 9.95. The zero-order chi connectivity index (χ0) is 9.64. The molecule has 0 spiro atoms. The minimum absolute atomic E-state index is 0.906. The van der Waals surface area contributed by atoms with Crippen molar-refractivity contribution in [2.24, 2.45) is 5.92 Å². The van der Waals surface area contributed by atoms with Crippen LogP contribution in [0.3, 0.4) is 0 Å². The van der Waals surface area contributed by atoms with E-state index in [1.54, 1.807) is 11.3 Å². The number of nitrogens with zero attached hydrogens (tertiary/aromatic N) is 1. The lowest BCUT2D eigenvalue weighted by Gasteiger charge is -2.22. The summed E-state index contributed by atoms with van der Waals surface area (Å²) in [5, 5.41) is 9.81. The first-order chi connectivity index (χ1) is 6.95. The highest BCUT2D eigenvalue weighted by Crippen LogP contribution is 2.16. The molecule has 1 aromatic rings. The summed E-state index contributed by atoms with van der Waals surface area (Å²) in [5.74, 6) is 0.906. The van der Waals surface area contributed by atoms with Crippen molar-refractivity contribution in [3.8, 4) is 0 Å². The SMILES string of the molecule is c1csc(NCCC2CCNCC2)n1. The third kappa shape index (κ3) is 2.96. The zero-order valence-electron chi connectivity index (χ0n) is 8.33. The van der Waals surface area contributed by atoms with E-state index in [-0.39, 0.29) is 0 Å². The standard InChI is InChI=1S/C10H17N3S/c1-4-11-5-2-9(1)3-6-12-10-13-7-8-14-10/h7-9,11H,1-6H2,(H,12,13). The third-order valence-electron chi connectivity index (χ3n) is 2.72. The topological polar surface area (TPSA) is 37.0 Å². The Balaban J connectivity index is 1.62. The van der Waals surface area contributed by atoms with Crippen molar-refractivity contribution in [3.05, 3.63) is 11.6 Å². The minimum Gasteiger partial charge on any atom is -0.362 e. The molecule has 2 heterocycles. The summed E-state index contributed by atoms with van der Waals surface area (Å²) >= 11 is 1.67. The number of hydrogen-bond donors (Lipinski definition) is 2. The molecular formula is C10H17N3S. The summed E-state index contributed by atoms with van der Waals surface area (Å²) in [6.45, 7) is 3.46. The fourth-order valence-electron chi connectivity index (χ4n) is 1.86. The van der Waals surface area contributed by atoms with E-state index in [1.807, 2.05) is 11.6 Å². The summed E-state index contributed by atoms with van der Waals surface area (Å²) in [5.41, 5.74) is 0. The smallest absolute Gasteiger partial charge is 0.182 e. The lowest BCUT2D eigenvalue weighted by molar-refractivity contribution is 0.361. The number of hydrogen-bond acceptors (Lipinski definition) is 4. The Morgan fingerprint density at radius 1 is 1.50 bits per heavy atom. The molecule has 0 aliphatic carbocycles. The average Bonchev–Trinajstić information content (AvgIpc) is 2.72. The molecule has 2 rings (SSSR count). The first kappa shape index (κ1) is 9.93. The van der Waals surface area contributed by atoms with Gasteiger partial charge in [-0.15, -0.1) is 11.3 Å². The van der Waals surface area contributed by atoms with Crippen LogP contribution in [-0.2, 0) is 0 Å². The predicted octanol–water partition coefficient (Wildman–Crippen LogP) is 1.94. The van der Waals surface area contributed by atoms with Crippen LogP contribution in [0.1, 0.15) is 19.3 Å². The number of aromatic nitrogens is 1. The van der Waals surface area contributed by atoms with Crippen LogP contribution in [0, 0.1) is 5.92 Å². The molecule has 0 atom stereocenters. The summed E-state index contributed by atoms with van der Waals surface area (Å²) in [7, 11) is 0. The van der Waals surface area contributed by atoms with E-state index in [0.29, 0.717) is 0 Å². The normalized spacial score (nSPS) is 18.3. The molecule has 0 amide bonds. The van der Waals surface area contributed by atoms with E-state index >= 15 is 0 Å². The first-order valence-corrected chi connectivity index (χ1v) is 6.17. The van der Waals surface area contributed by atoms with Gasteiger partial charge in [0.1, 0.15) is 0 Å². The van der Waals surface area contributed by atoms with Gasteiger partial charge in [-0.2, -0.15) is 0 Å². The number of nitrogens with one attached hydrogen (secondary N) is 2. The number of thiazole rings is 1. The molecule has 14 heavy (non-hydrogen) atoms. The highest BCUT2D eigenvalue weighted by molar-refractivity contribution is 7.13. The van der Waals surface area contributed by atoms with Gasteiger partial charge in [-0.25, -0.2) is 4.98 Å². The van der Waals surface area contributed by atoms with Crippen molar-refractivity contribution < 1.29 is 0 Å². The first-order valence-electron chi connectivity index (χ1n) is 5.29. The summed E-state index contributed by atoms with van der Waals surface area (Å²) in [4.78, 5) is 4.19. The van der Waals surface area contributed by atoms with Crippen molar-refractivity contribution in [1.82, 2.24) is 10.3 Å². The molecule has 2 N–H and O–H groups in total. The van der Waals surface area contributed by atoms with Gasteiger partial charge in [0.25, 0.3) is 0 Å². The molecule has 0 saturated carbocycles. The van der Waals surface area contributed by atoms with E-state index in [1.165, 1.54) is 32.4 Å². The van der Waals surface area contributed by atoms with E-state index in [9.17, 15) is 0 Å². The lowest BCUT2D eigenvalue weighted by Crippen LogP contribution is -2.28. The summed E-state index contributed by atoms with van der Waals surface area (Å²) in [6, 6.07) is 0. The second-order valence-corrected chi connectivity index (χ2v) is 4.64. The number of piperidine rings is 1. The molecule has 1 fully saturated rings. The van der Waals surface area contributed by atoms with Crippen LogP contribution in [-0.4, -0.2) is 24.6 Å². The zero-order valence-corrected chi connectivity index (χ0v) is 9.15. The fourth-order valence-corrected chi connectivity index (χ4v) is 2.42. The molecule has 1 aliphatic heterocycles. The number of rotatable bonds is 4. The van der Waals surface area contributed by atoms with Crippen molar-refractivity contribution in [3.63, 3.8) is 0 Å². The van der Waals surface area contributed by atoms with Crippen LogP contribution >= 0.6 is 11.3 Å². The van der Waals surface area contributed by atoms with Gasteiger partial charge in [0, 0.05) is 18.1 Å². The van der Waals surface area contributed by atoms with Gasteiger partial charge in [-0.05, 0) is 38.3 Å². The van der Waals surface area contributed by atoms with E-state index in [4.69, 9.17) is 0 Å². The maximum absolute atomic E-state index is 4.19. The van der Waals surface area contributed by atoms with Gasteiger partial charge < -0.3 is 10.6 Å². The van der Waals surface area contributed by atoms with E-state index in [0.717, 1.165) is 17.6 Å². The maximum atomic E-state index is 4.19. The third-order valence-corrected chi connectivity index (χ3v) is 3.45. The van der Waals surface area contributed by atoms with E-state index < -0.39 is 0 Å². The highest BCUT2D eigenvalue weighted by Gasteiger charge is 2.11. The van der Waals surface area contributed by atoms with Crippen molar-refractivity contribution in [1.29, 1.82) is 0 Å². The van der Waals surface area contributed by atoms with Gasteiger partial charge in [0.15, 0.2) is 5.13 Å². The highest BCUT2D eigenvalue weighted by atomic mass is 32.1. The average molecular weight is 211 g/mol. The second-order valence-electron chi connectivity index (χ2n) is 3.75. The van der Waals surface area contributed by atoms with E-state index in [2.05, 4.69) is 15.6 Å². The molecule has 0 radical (unpaired) electrons. The monoisotopic (exact) mass is 211 g/mol. The molecule has 1 aromatic heterocycles. The molecule has 78 valence electrons. The van der Waals surface area contributed by atoms with Crippen LogP contribution in [0.25, 0.3) is 0 Å². The Labute approximate surface area is 88.9 Å². The molecule has 0 unspecified atom stereocenters. The molecule has 1 aliphatic rings. The molecule has 0 aromatic carbocycles. The van der Waals surface area contributed by atoms with Crippen LogP contribution < -0.4 is 10.6 Å². The van der Waals surface area contributed by atoms with Gasteiger partial charge in [-0.3, -0.25) is 0 Å². The van der Waals surface area contributed by atoms with Crippen molar-refractivity contribution in [2.45, 2.75) is 19.3 Å². The van der Waals surface area contributed by atoms with Crippen LogP contribution in [0.5, 0.6) is 0 Å². The molecule has 1 saturated heterocycles. The molecule has 3 nitrogen and oxygen atoms in total. The Kier molecular flexibility index (Phi) is 3.77. The number of anilines is 1. The van der Waals surface area contributed by atoms with Gasteiger partial charge in [0.2, 0.25) is 0 Å². The van der Waals surface area contributed by atoms with Gasteiger partial charge in [-0.1, -0.05) is 0 Å². The molecular weight excluding hydrogens is 194 g/mol. The Bertz CT molecular complexity index is 242. The predicted molar refractivity (Wildman–Crippen MR) is 60.8 cm³/mol.